The number of methoxy groups -OCH3 is 1. The number of nitrogens with zero attached hydrogens (tertiary/aromatic N) is 2. The Morgan fingerprint density at radius 1 is 1.21 bits per heavy atom. The second-order valence-corrected chi connectivity index (χ2v) is 6.13. The van der Waals surface area contributed by atoms with Crippen molar-refractivity contribution in [1.82, 2.24) is 15.3 Å². The van der Waals surface area contributed by atoms with Crippen LogP contribution in [0.3, 0.4) is 0 Å². The zero-order valence-electron chi connectivity index (χ0n) is 16.1. The third-order valence-corrected chi connectivity index (χ3v) is 4.05. The molecule has 2 aromatic rings. The van der Waals surface area contributed by atoms with Crippen LogP contribution in [-0.4, -0.2) is 47.8 Å². The van der Waals surface area contributed by atoms with Gasteiger partial charge in [-0.1, -0.05) is 30.0 Å². The summed E-state index contributed by atoms with van der Waals surface area (Å²) in [6, 6.07) is 8.37. The van der Waals surface area contributed by atoms with E-state index < -0.39 is 17.8 Å². The van der Waals surface area contributed by atoms with Crippen molar-refractivity contribution in [2.24, 2.45) is 0 Å². The lowest BCUT2D eigenvalue weighted by atomic mass is 10.2. The van der Waals surface area contributed by atoms with Gasteiger partial charge < -0.3 is 20.1 Å². The number of benzene rings is 1. The summed E-state index contributed by atoms with van der Waals surface area (Å²) in [6.45, 7) is 1.86. The van der Waals surface area contributed by atoms with Crippen molar-refractivity contribution in [3.8, 4) is 0 Å². The molecular formula is C19H20N4O5S. The van der Waals surface area contributed by atoms with Crippen LogP contribution in [-0.2, 0) is 14.3 Å². The van der Waals surface area contributed by atoms with Gasteiger partial charge in [0, 0.05) is 18.0 Å². The maximum atomic E-state index is 12.4. The highest BCUT2D eigenvalue weighted by molar-refractivity contribution is 7.98. The van der Waals surface area contributed by atoms with Gasteiger partial charge in [-0.25, -0.2) is 19.6 Å². The number of nitrogens with one attached hydrogen (secondary N) is 2. The lowest BCUT2D eigenvalue weighted by Gasteiger charge is -2.11. The molecule has 0 saturated heterocycles. The highest BCUT2D eigenvalue weighted by atomic mass is 32.2. The molecule has 1 aromatic carbocycles. The second kappa shape index (κ2) is 10.8. The minimum Gasteiger partial charge on any atom is -0.464 e. The van der Waals surface area contributed by atoms with Crippen molar-refractivity contribution >= 4 is 35.4 Å². The topological polar surface area (TPSA) is 120 Å². The number of carbonyl (C=O) groups excluding carboxylic acids is 3. The van der Waals surface area contributed by atoms with Crippen LogP contribution in [0.4, 0.5) is 5.82 Å². The first-order valence-corrected chi connectivity index (χ1v) is 9.72. The molecule has 0 bridgehead atoms. The number of carbonyl (C=O) groups is 3. The van der Waals surface area contributed by atoms with E-state index in [1.807, 2.05) is 0 Å². The van der Waals surface area contributed by atoms with Gasteiger partial charge >= 0.3 is 11.9 Å². The molecule has 0 aliphatic rings. The molecule has 1 aromatic heterocycles. The predicted octanol–water partition coefficient (Wildman–Crippen LogP) is 2.23. The van der Waals surface area contributed by atoms with E-state index in [2.05, 4.69) is 20.6 Å². The minimum absolute atomic E-state index is 0.0829. The van der Waals surface area contributed by atoms with E-state index in [0.29, 0.717) is 10.7 Å². The molecule has 0 fully saturated rings. The van der Waals surface area contributed by atoms with Gasteiger partial charge in [0.05, 0.1) is 13.7 Å². The number of amides is 1. The number of rotatable bonds is 8. The average Bonchev–Trinajstić information content (AvgIpc) is 2.76. The van der Waals surface area contributed by atoms with Crippen LogP contribution in [0, 0.1) is 0 Å². The first-order chi connectivity index (χ1) is 14.0. The van der Waals surface area contributed by atoms with Gasteiger partial charge in [-0.3, -0.25) is 4.79 Å². The van der Waals surface area contributed by atoms with Crippen LogP contribution in [0.5, 0.6) is 0 Å². The van der Waals surface area contributed by atoms with Gasteiger partial charge in [-0.15, -0.1) is 0 Å². The first-order valence-electron chi connectivity index (χ1n) is 8.49. The standard InChI is InChI=1S/C19H20N4O5S/c1-4-28-17(25)13-10-21-19(29-3)23-15(13)20-11-14(18(26)27-2)22-16(24)12-8-6-5-7-9-12/h5-11H,4H2,1-3H3,(H,22,24)(H,20,21,23)/b14-11-. The van der Waals surface area contributed by atoms with E-state index in [-0.39, 0.29) is 23.7 Å². The Morgan fingerprint density at radius 2 is 1.93 bits per heavy atom. The van der Waals surface area contributed by atoms with Crippen LogP contribution in [0.2, 0.25) is 0 Å². The fourth-order valence-electron chi connectivity index (χ4n) is 2.11. The van der Waals surface area contributed by atoms with E-state index in [1.54, 1.807) is 43.5 Å². The summed E-state index contributed by atoms with van der Waals surface area (Å²) in [7, 11) is 1.19. The molecule has 2 rings (SSSR count). The van der Waals surface area contributed by atoms with Crippen molar-refractivity contribution in [3.63, 3.8) is 0 Å². The van der Waals surface area contributed by atoms with E-state index in [9.17, 15) is 14.4 Å². The summed E-state index contributed by atoms with van der Waals surface area (Å²) in [5.41, 5.74) is 0.279. The van der Waals surface area contributed by atoms with Crippen LogP contribution >= 0.6 is 11.8 Å². The number of aromatic nitrogens is 2. The predicted molar refractivity (Wildman–Crippen MR) is 107 cm³/mol. The molecule has 152 valence electrons. The fourth-order valence-corrected chi connectivity index (χ4v) is 2.45. The molecule has 0 spiro atoms. The molecular weight excluding hydrogens is 396 g/mol. The molecule has 10 heteroatoms. The van der Waals surface area contributed by atoms with Crippen LogP contribution < -0.4 is 10.6 Å². The van der Waals surface area contributed by atoms with Gasteiger partial charge in [0.15, 0.2) is 5.16 Å². The van der Waals surface area contributed by atoms with Crippen LogP contribution in [0.15, 0.2) is 53.6 Å². The Labute approximate surface area is 171 Å². The Morgan fingerprint density at radius 3 is 2.55 bits per heavy atom. The van der Waals surface area contributed by atoms with Gasteiger partial charge in [-0.05, 0) is 25.3 Å². The number of esters is 2. The smallest absolute Gasteiger partial charge is 0.356 e. The molecule has 9 nitrogen and oxygen atoms in total. The van der Waals surface area contributed by atoms with Crippen LogP contribution in [0.25, 0.3) is 0 Å². The minimum atomic E-state index is -0.779. The molecule has 0 aliphatic carbocycles. The largest absolute Gasteiger partial charge is 0.464 e. The maximum absolute atomic E-state index is 12.4. The lowest BCUT2D eigenvalue weighted by Crippen LogP contribution is -2.29. The fraction of sp³-hybridized carbons (Fsp3) is 0.211. The zero-order chi connectivity index (χ0) is 21.2. The molecule has 29 heavy (non-hydrogen) atoms. The zero-order valence-corrected chi connectivity index (χ0v) is 16.9. The Bertz CT molecular complexity index is 918. The van der Waals surface area contributed by atoms with Gasteiger partial charge in [-0.2, -0.15) is 0 Å². The Kier molecular flexibility index (Phi) is 8.16. The summed E-state index contributed by atoms with van der Waals surface area (Å²) < 4.78 is 9.70. The van der Waals surface area contributed by atoms with Crippen molar-refractivity contribution in [1.29, 1.82) is 0 Å². The number of hydrogen-bond acceptors (Lipinski definition) is 9. The number of anilines is 1. The molecule has 0 saturated carbocycles. The highest BCUT2D eigenvalue weighted by Gasteiger charge is 2.18. The molecule has 0 atom stereocenters. The molecule has 0 unspecified atom stereocenters. The quantitative estimate of drug-likeness (QED) is 0.289. The Balaban J connectivity index is 2.31. The highest BCUT2D eigenvalue weighted by Crippen LogP contribution is 2.18. The molecule has 1 heterocycles. The molecule has 0 radical (unpaired) electrons. The van der Waals surface area contributed by atoms with Gasteiger partial charge in [0.1, 0.15) is 17.1 Å². The van der Waals surface area contributed by atoms with Crippen molar-refractivity contribution in [3.05, 3.63) is 59.6 Å². The second-order valence-electron chi connectivity index (χ2n) is 5.35. The summed E-state index contributed by atoms with van der Waals surface area (Å²) >= 11 is 1.27. The summed E-state index contributed by atoms with van der Waals surface area (Å²) in [6.07, 6.45) is 4.30. The van der Waals surface area contributed by atoms with Gasteiger partial charge in [0.25, 0.3) is 5.91 Å². The number of hydrogen-bond donors (Lipinski definition) is 2. The summed E-state index contributed by atoms with van der Waals surface area (Å²) in [4.78, 5) is 44.8. The molecule has 1 amide bonds. The number of ether oxygens (including phenoxy) is 2. The van der Waals surface area contributed by atoms with E-state index in [1.165, 1.54) is 31.3 Å². The third kappa shape index (κ3) is 6.04. The molecule has 0 aliphatic heterocycles. The van der Waals surface area contributed by atoms with E-state index in [4.69, 9.17) is 9.47 Å². The third-order valence-electron chi connectivity index (χ3n) is 3.49. The SMILES string of the molecule is CCOC(=O)c1cnc(SC)nc1N/C=C(\NC(=O)c1ccccc1)C(=O)OC. The molecule has 2 N–H and O–H groups in total. The van der Waals surface area contributed by atoms with Gasteiger partial charge in [0.2, 0.25) is 0 Å². The van der Waals surface area contributed by atoms with E-state index in [0.717, 1.165) is 0 Å². The van der Waals surface area contributed by atoms with Crippen molar-refractivity contribution in [2.45, 2.75) is 12.1 Å². The normalized spacial score (nSPS) is 10.8. The Hall–Kier alpha value is -3.40. The summed E-state index contributed by atoms with van der Waals surface area (Å²) in [5, 5.41) is 5.64. The maximum Gasteiger partial charge on any atom is 0.356 e. The van der Waals surface area contributed by atoms with Crippen LogP contribution in [0.1, 0.15) is 27.6 Å². The lowest BCUT2D eigenvalue weighted by molar-refractivity contribution is -0.136. The number of thioether (sulfide) groups is 1. The van der Waals surface area contributed by atoms with Crippen molar-refractivity contribution in [2.75, 3.05) is 25.3 Å². The summed E-state index contributed by atoms with van der Waals surface area (Å²) in [5.74, 6) is -1.78. The van der Waals surface area contributed by atoms with Crippen molar-refractivity contribution < 1.29 is 23.9 Å². The monoisotopic (exact) mass is 416 g/mol. The average molecular weight is 416 g/mol. The first kappa shape index (κ1) is 21.9. The van der Waals surface area contributed by atoms with E-state index >= 15 is 0 Å².